The van der Waals surface area contributed by atoms with Crippen LogP contribution in [0.1, 0.15) is 40.5 Å². The molecule has 4 nitrogen and oxygen atoms in total. The van der Waals surface area contributed by atoms with Gasteiger partial charge in [-0.2, -0.15) is 0 Å². The summed E-state index contributed by atoms with van der Waals surface area (Å²) < 4.78 is 5.18. The summed E-state index contributed by atoms with van der Waals surface area (Å²) in [6, 6.07) is 0. The number of likely N-dealkylation sites (tertiary alicyclic amines) is 1. The molecule has 1 fully saturated rings. The van der Waals surface area contributed by atoms with E-state index in [4.69, 9.17) is 4.74 Å². The zero-order chi connectivity index (χ0) is 11.0. The molecule has 0 spiro atoms. The fourth-order valence-electron chi connectivity index (χ4n) is 1.55. The predicted octanol–water partition coefficient (Wildman–Crippen LogP) is 1.73. The van der Waals surface area contributed by atoms with Gasteiger partial charge in [0.05, 0.1) is 0 Å². The van der Waals surface area contributed by atoms with E-state index < -0.39 is 17.4 Å². The molecule has 0 bridgehead atoms. The second-order valence-corrected chi connectivity index (χ2v) is 4.95. The summed E-state index contributed by atoms with van der Waals surface area (Å²) in [5.74, 6) is 0. The van der Waals surface area contributed by atoms with Gasteiger partial charge in [0.2, 0.25) is 0 Å². The molecule has 1 saturated heterocycles. The van der Waals surface area contributed by atoms with Crippen molar-refractivity contribution < 1.29 is 14.6 Å². The monoisotopic (exact) mass is 201 g/mol. The van der Waals surface area contributed by atoms with Crippen molar-refractivity contribution in [2.75, 3.05) is 6.54 Å². The van der Waals surface area contributed by atoms with Crippen molar-refractivity contribution in [1.82, 2.24) is 4.90 Å². The standard InChI is InChI=1S/C10H19NO3/c1-9(2,3)14-8(12)11-7-5-6-10(11,4)13/h13H,5-7H2,1-4H3. The summed E-state index contributed by atoms with van der Waals surface area (Å²) in [6.45, 7) is 7.66. The molecule has 14 heavy (non-hydrogen) atoms. The van der Waals surface area contributed by atoms with Gasteiger partial charge < -0.3 is 9.84 Å². The molecule has 1 N–H and O–H groups in total. The lowest BCUT2D eigenvalue weighted by Crippen LogP contribution is -2.47. The Morgan fingerprint density at radius 1 is 1.50 bits per heavy atom. The van der Waals surface area contributed by atoms with E-state index in [1.807, 2.05) is 20.8 Å². The molecule has 4 heteroatoms. The van der Waals surface area contributed by atoms with E-state index in [0.29, 0.717) is 13.0 Å². The Morgan fingerprint density at radius 3 is 2.43 bits per heavy atom. The molecule has 0 aromatic rings. The largest absolute Gasteiger partial charge is 0.444 e. The third kappa shape index (κ3) is 2.61. The zero-order valence-electron chi connectivity index (χ0n) is 9.33. The van der Waals surface area contributed by atoms with Crippen molar-refractivity contribution in [1.29, 1.82) is 0 Å². The van der Waals surface area contributed by atoms with Gasteiger partial charge in [-0.1, -0.05) is 0 Å². The van der Waals surface area contributed by atoms with Gasteiger partial charge in [-0.25, -0.2) is 4.79 Å². The Hall–Kier alpha value is -0.770. The lowest BCUT2D eigenvalue weighted by atomic mass is 10.2. The van der Waals surface area contributed by atoms with Crippen molar-refractivity contribution >= 4 is 6.09 Å². The van der Waals surface area contributed by atoms with Gasteiger partial charge in [0.1, 0.15) is 11.3 Å². The second-order valence-electron chi connectivity index (χ2n) is 4.95. The van der Waals surface area contributed by atoms with Gasteiger partial charge >= 0.3 is 6.09 Å². The molecular formula is C10H19NO3. The van der Waals surface area contributed by atoms with Crippen molar-refractivity contribution in [2.45, 2.75) is 51.9 Å². The molecule has 1 amide bonds. The maximum absolute atomic E-state index is 11.6. The van der Waals surface area contributed by atoms with Crippen LogP contribution in [0.3, 0.4) is 0 Å². The van der Waals surface area contributed by atoms with Crippen LogP contribution in [0.25, 0.3) is 0 Å². The lowest BCUT2D eigenvalue weighted by molar-refractivity contribution is -0.0710. The highest BCUT2D eigenvalue weighted by Crippen LogP contribution is 2.27. The third-order valence-corrected chi connectivity index (χ3v) is 2.23. The summed E-state index contributed by atoms with van der Waals surface area (Å²) in [5, 5.41) is 9.85. The molecule has 1 aliphatic rings. The van der Waals surface area contributed by atoms with Crippen LogP contribution in [0.15, 0.2) is 0 Å². The van der Waals surface area contributed by atoms with Crippen LogP contribution in [0.2, 0.25) is 0 Å². The van der Waals surface area contributed by atoms with Crippen LogP contribution < -0.4 is 0 Å². The minimum Gasteiger partial charge on any atom is -0.444 e. The van der Waals surface area contributed by atoms with Crippen LogP contribution in [0, 0.1) is 0 Å². The molecule has 1 aliphatic heterocycles. The van der Waals surface area contributed by atoms with E-state index in [1.54, 1.807) is 6.92 Å². The first-order valence-corrected chi connectivity index (χ1v) is 4.95. The fourth-order valence-corrected chi connectivity index (χ4v) is 1.55. The summed E-state index contributed by atoms with van der Waals surface area (Å²) in [5.41, 5.74) is -1.54. The smallest absolute Gasteiger partial charge is 0.412 e. The van der Waals surface area contributed by atoms with Gasteiger partial charge in [0.25, 0.3) is 0 Å². The molecule has 0 aromatic carbocycles. The van der Waals surface area contributed by atoms with Crippen molar-refractivity contribution in [3.8, 4) is 0 Å². The second kappa shape index (κ2) is 3.42. The van der Waals surface area contributed by atoms with Gasteiger partial charge in [0, 0.05) is 6.54 Å². The maximum Gasteiger partial charge on any atom is 0.412 e. The average Bonchev–Trinajstić information content (AvgIpc) is 2.25. The first-order chi connectivity index (χ1) is 6.22. The van der Waals surface area contributed by atoms with Crippen LogP contribution in [-0.2, 0) is 4.74 Å². The molecule has 1 atom stereocenters. The number of carbonyl (C=O) groups is 1. The van der Waals surface area contributed by atoms with E-state index >= 15 is 0 Å². The number of hydrogen-bond acceptors (Lipinski definition) is 3. The number of hydrogen-bond donors (Lipinski definition) is 1. The molecule has 0 saturated carbocycles. The lowest BCUT2D eigenvalue weighted by Gasteiger charge is -2.32. The van der Waals surface area contributed by atoms with E-state index in [1.165, 1.54) is 4.90 Å². The van der Waals surface area contributed by atoms with Crippen LogP contribution in [-0.4, -0.2) is 34.0 Å². The summed E-state index contributed by atoms with van der Waals surface area (Å²) in [6.07, 6.45) is 1.01. The first kappa shape index (κ1) is 11.3. The minimum atomic E-state index is -1.04. The Kier molecular flexibility index (Phi) is 2.76. The molecule has 0 radical (unpaired) electrons. The number of rotatable bonds is 0. The predicted molar refractivity (Wildman–Crippen MR) is 52.8 cm³/mol. The molecule has 82 valence electrons. The summed E-state index contributed by atoms with van der Waals surface area (Å²) in [7, 11) is 0. The zero-order valence-corrected chi connectivity index (χ0v) is 9.33. The van der Waals surface area contributed by atoms with Crippen molar-refractivity contribution in [3.05, 3.63) is 0 Å². The van der Waals surface area contributed by atoms with Gasteiger partial charge in [-0.15, -0.1) is 0 Å². The Bertz CT molecular complexity index is 230. The van der Waals surface area contributed by atoms with Crippen LogP contribution in [0.5, 0.6) is 0 Å². The molecule has 0 aromatic heterocycles. The van der Waals surface area contributed by atoms with Crippen molar-refractivity contribution in [2.24, 2.45) is 0 Å². The molecular weight excluding hydrogens is 182 g/mol. The number of amides is 1. The van der Waals surface area contributed by atoms with Crippen molar-refractivity contribution in [3.63, 3.8) is 0 Å². The Balaban J connectivity index is 2.62. The van der Waals surface area contributed by atoms with Crippen LogP contribution in [0.4, 0.5) is 4.79 Å². The summed E-state index contributed by atoms with van der Waals surface area (Å²) in [4.78, 5) is 13.0. The third-order valence-electron chi connectivity index (χ3n) is 2.23. The maximum atomic E-state index is 11.6. The highest BCUT2D eigenvalue weighted by molar-refractivity contribution is 5.69. The van der Waals surface area contributed by atoms with E-state index in [-0.39, 0.29) is 0 Å². The van der Waals surface area contributed by atoms with E-state index in [0.717, 1.165) is 6.42 Å². The number of carbonyl (C=O) groups excluding carboxylic acids is 1. The number of ether oxygens (including phenoxy) is 1. The quantitative estimate of drug-likeness (QED) is 0.649. The highest BCUT2D eigenvalue weighted by Gasteiger charge is 2.39. The van der Waals surface area contributed by atoms with Gasteiger partial charge in [-0.05, 0) is 40.5 Å². The fraction of sp³-hybridized carbons (Fsp3) is 0.900. The topological polar surface area (TPSA) is 49.8 Å². The number of aliphatic hydroxyl groups is 1. The Morgan fingerprint density at radius 2 is 2.07 bits per heavy atom. The molecule has 1 unspecified atom stereocenters. The normalized spacial score (nSPS) is 27.9. The molecule has 1 heterocycles. The minimum absolute atomic E-state index is 0.431. The first-order valence-electron chi connectivity index (χ1n) is 4.95. The highest BCUT2D eigenvalue weighted by atomic mass is 16.6. The average molecular weight is 201 g/mol. The summed E-state index contributed by atoms with van der Waals surface area (Å²) >= 11 is 0. The van der Waals surface area contributed by atoms with Crippen LogP contribution >= 0.6 is 0 Å². The van der Waals surface area contributed by atoms with E-state index in [9.17, 15) is 9.90 Å². The molecule has 1 rings (SSSR count). The van der Waals surface area contributed by atoms with Gasteiger partial charge in [-0.3, -0.25) is 4.90 Å². The number of nitrogens with zero attached hydrogens (tertiary/aromatic N) is 1. The van der Waals surface area contributed by atoms with Gasteiger partial charge in [0.15, 0.2) is 0 Å². The Labute approximate surface area is 84.8 Å². The SMILES string of the molecule is CC(C)(C)OC(=O)N1CCCC1(C)O. The molecule has 0 aliphatic carbocycles. The van der Waals surface area contributed by atoms with E-state index in [2.05, 4.69) is 0 Å².